The second-order valence-corrected chi connectivity index (χ2v) is 5.04. The number of para-hydroxylation sites is 1. The van der Waals surface area contributed by atoms with Gasteiger partial charge in [0.05, 0.1) is 0 Å². The minimum absolute atomic E-state index is 0.0153. The standard InChI is InChI=1S/C18H20N2O3/c1-3-19(4-2)15-11-9-14(10-12-15)13-20(23)17-8-6-5-7-16(17)18(21)22/h5-13H,3-4H2,1-2H3,(H,21,22). The summed E-state index contributed by atoms with van der Waals surface area (Å²) in [6.07, 6.45) is 1.38. The topological polar surface area (TPSA) is 66.6 Å². The summed E-state index contributed by atoms with van der Waals surface area (Å²) in [5, 5.41) is 21.4. The van der Waals surface area contributed by atoms with E-state index in [0.717, 1.165) is 24.3 Å². The number of carbonyl (C=O) groups is 1. The summed E-state index contributed by atoms with van der Waals surface area (Å²) in [5.74, 6) is -1.12. The molecular weight excluding hydrogens is 292 g/mol. The molecule has 0 radical (unpaired) electrons. The Hall–Kier alpha value is -2.82. The maximum Gasteiger partial charge on any atom is 0.342 e. The summed E-state index contributed by atoms with van der Waals surface area (Å²) in [6, 6.07) is 13.8. The lowest BCUT2D eigenvalue weighted by molar-refractivity contribution is -0.354. The molecule has 0 saturated carbocycles. The van der Waals surface area contributed by atoms with Crippen LogP contribution in [0.1, 0.15) is 29.8 Å². The van der Waals surface area contributed by atoms with Crippen LogP contribution >= 0.6 is 0 Å². The van der Waals surface area contributed by atoms with Crippen LogP contribution in [0, 0.1) is 5.21 Å². The van der Waals surface area contributed by atoms with Gasteiger partial charge in [0.1, 0.15) is 5.56 Å². The third-order valence-corrected chi connectivity index (χ3v) is 3.66. The van der Waals surface area contributed by atoms with Crippen molar-refractivity contribution in [3.63, 3.8) is 0 Å². The number of benzene rings is 2. The number of nitrogens with zero attached hydrogens (tertiary/aromatic N) is 2. The van der Waals surface area contributed by atoms with Crippen LogP contribution in [0.5, 0.6) is 0 Å². The van der Waals surface area contributed by atoms with E-state index in [1.165, 1.54) is 18.3 Å². The molecule has 0 aliphatic heterocycles. The first-order chi connectivity index (χ1) is 11.1. The molecule has 5 nitrogen and oxygen atoms in total. The van der Waals surface area contributed by atoms with Gasteiger partial charge in [-0.15, -0.1) is 0 Å². The first kappa shape index (κ1) is 16.5. The molecule has 5 heteroatoms. The van der Waals surface area contributed by atoms with Gasteiger partial charge in [-0.1, -0.05) is 12.1 Å². The Morgan fingerprint density at radius 3 is 2.30 bits per heavy atom. The molecule has 0 unspecified atom stereocenters. The van der Waals surface area contributed by atoms with Crippen LogP contribution in [-0.2, 0) is 0 Å². The van der Waals surface area contributed by atoms with Gasteiger partial charge < -0.3 is 15.2 Å². The maximum atomic E-state index is 12.3. The molecule has 0 bridgehead atoms. The van der Waals surface area contributed by atoms with Gasteiger partial charge in [0.15, 0.2) is 6.21 Å². The van der Waals surface area contributed by atoms with E-state index in [1.54, 1.807) is 12.1 Å². The molecule has 2 rings (SSSR count). The van der Waals surface area contributed by atoms with Gasteiger partial charge in [0, 0.05) is 30.4 Å². The molecule has 0 atom stereocenters. The van der Waals surface area contributed by atoms with Gasteiger partial charge in [0.25, 0.3) is 0 Å². The van der Waals surface area contributed by atoms with Gasteiger partial charge in [0.2, 0.25) is 5.69 Å². The van der Waals surface area contributed by atoms with E-state index in [0.29, 0.717) is 4.74 Å². The summed E-state index contributed by atoms with van der Waals surface area (Å²) in [5.41, 5.74) is 1.91. The summed E-state index contributed by atoms with van der Waals surface area (Å²) in [7, 11) is 0. The van der Waals surface area contributed by atoms with Crippen molar-refractivity contribution >= 4 is 23.6 Å². The highest BCUT2D eigenvalue weighted by molar-refractivity contribution is 5.92. The van der Waals surface area contributed by atoms with Crippen molar-refractivity contribution in [2.75, 3.05) is 18.0 Å². The number of rotatable bonds is 6. The molecule has 0 heterocycles. The van der Waals surface area contributed by atoms with Gasteiger partial charge in [-0.25, -0.2) is 4.79 Å². The molecule has 1 N–H and O–H groups in total. The van der Waals surface area contributed by atoms with Crippen LogP contribution in [0.3, 0.4) is 0 Å². The van der Waals surface area contributed by atoms with E-state index in [4.69, 9.17) is 5.11 Å². The average molecular weight is 312 g/mol. The van der Waals surface area contributed by atoms with Crippen molar-refractivity contribution in [2.45, 2.75) is 13.8 Å². The third kappa shape index (κ3) is 3.88. The van der Waals surface area contributed by atoms with Crippen LogP contribution in [0.4, 0.5) is 11.4 Å². The van der Waals surface area contributed by atoms with E-state index in [-0.39, 0.29) is 11.3 Å². The fraction of sp³-hybridized carbons (Fsp3) is 0.222. The zero-order valence-corrected chi connectivity index (χ0v) is 13.3. The second kappa shape index (κ2) is 7.45. The number of aromatic carboxylic acids is 1. The summed E-state index contributed by atoms with van der Waals surface area (Å²) in [6.45, 7) is 6.01. The normalized spacial score (nSPS) is 11.3. The number of carboxylic acid groups (broad SMARTS) is 1. The van der Waals surface area contributed by atoms with E-state index >= 15 is 0 Å². The Morgan fingerprint density at radius 2 is 1.74 bits per heavy atom. The van der Waals surface area contributed by atoms with E-state index < -0.39 is 5.97 Å². The van der Waals surface area contributed by atoms with Crippen molar-refractivity contribution in [2.24, 2.45) is 0 Å². The van der Waals surface area contributed by atoms with Crippen LogP contribution in [0.15, 0.2) is 48.5 Å². The minimum Gasteiger partial charge on any atom is -0.618 e. The Bertz CT molecular complexity index is 704. The van der Waals surface area contributed by atoms with Crippen molar-refractivity contribution in [1.29, 1.82) is 0 Å². The van der Waals surface area contributed by atoms with Crippen molar-refractivity contribution in [1.82, 2.24) is 0 Å². The highest BCUT2D eigenvalue weighted by Crippen LogP contribution is 2.19. The summed E-state index contributed by atoms with van der Waals surface area (Å²) < 4.78 is 0.593. The van der Waals surface area contributed by atoms with Gasteiger partial charge in [-0.2, -0.15) is 4.74 Å². The Balaban J connectivity index is 2.30. The molecule has 0 aliphatic rings. The molecule has 0 spiro atoms. The molecule has 0 amide bonds. The monoisotopic (exact) mass is 312 g/mol. The molecule has 0 aromatic heterocycles. The zero-order chi connectivity index (χ0) is 16.8. The largest absolute Gasteiger partial charge is 0.618 e. The molecule has 2 aromatic rings. The molecule has 120 valence electrons. The smallest absolute Gasteiger partial charge is 0.342 e. The van der Waals surface area contributed by atoms with Crippen LogP contribution in [-0.4, -0.2) is 35.1 Å². The zero-order valence-electron chi connectivity index (χ0n) is 13.3. The third-order valence-electron chi connectivity index (χ3n) is 3.66. The number of hydrogen-bond donors (Lipinski definition) is 1. The first-order valence-corrected chi connectivity index (χ1v) is 7.55. The SMILES string of the molecule is CCN(CC)c1ccc(C=[N+]([O-])c2ccccc2C(=O)O)cc1. The predicted molar refractivity (Wildman–Crippen MR) is 91.9 cm³/mol. The highest BCUT2D eigenvalue weighted by Gasteiger charge is 2.15. The van der Waals surface area contributed by atoms with E-state index in [2.05, 4.69) is 18.7 Å². The number of anilines is 1. The molecule has 23 heavy (non-hydrogen) atoms. The Kier molecular flexibility index (Phi) is 5.36. The van der Waals surface area contributed by atoms with Gasteiger partial charge in [-0.05, 0) is 44.2 Å². The lowest BCUT2D eigenvalue weighted by atomic mass is 10.1. The Morgan fingerprint density at radius 1 is 1.13 bits per heavy atom. The fourth-order valence-corrected chi connectivity index (χ4v) is 2.41. The molecule has 0 aliphatic carbocycles. The second-order valence-electron chi connectivity index (χ2n) is 5.04. The lowest BCUT2D eigenvalue weighted by Gasteiger charge is -2.20. The molecule has 0 saturated heterocycles. The van der Waals surface area contributed by atoms with Crippen LogP contribution in [0.2, 0.25) is 0 Å². The number of hydrogen-bond acceptors (Lipinski definition) is 3. The number of carboxylic acids is 1. The lowest BCUT2D eigenvalue weighted by Crippen LogP contribution is -2.21. The molecule has 0 fully saturated rings. The van der Waals surface area contributed by atoms with Gasteiger partial charge >= 0.3 is 5.97 Å². The van der Waals surface area contributed by atoms with Crippen molar-refractivity contribution < 1.29 is 14.6 Å². The van der Waals surface area contributed by atoms with Crippen molar-refractivity contribution in [3.8, 4) is 0 Å². The summed E-state index contributed by atoms with van der Waals surface area (Å²) >= 11 is 0. The van der Waals surface area contributed by atoms with Crippen molar-refractivity contribution in [3.05, 3.63) is 64.9 Å². The summed E-state index contributed by atoms with van der Waals surface area (Å²) in [4.78, 5) is 13.4. The molecule has 2 aromatic carbocycles. The maximum absolute atomic E-state index is 12.3. The van der Waals surface area contributed by atoms with Crippen LogP contribution in [0.25, 0.3) is 0 Å². The minimum atomic E-state index is -1.12. The quantitative estimate of drug-likeness (QED) is 0.384. The predicted octanol–water partition coefficient (Wildman–Crippen LogP) is 3.49. The molecular formula is C18H20N2O3. The van der Waals surface area contributed by atoms with Gasteiger partial charge in [-0.3, -0.25) is 0 Å². The van der Waals surface area contributed by atoms with Crippen LogP contribution < -0.4 is 4.90 Å². The van der Waals surface area contributed by atoms with E-state index in [9.17, 15) is 10.0 Å². The van der Waals surface area contributed by atoms with E-state index in [1.807, 2.05) is 24.3 Å². The fourth-order valence-electron chi connectivity index (χ4n) is 2.41. The average Bonchev–Trinajstić information content (AvgIpc) is 2.57. The highest BCUT2D eigenvalue weighted by atomic mass is 16.5. The Labute approximate surface area is 135 Å². The first-order valence-electron chi connectivity index (χ1n) is 7.55.